The van der Waals surface area contributed by atoms with E-state index >= 15 is 0 Å². The second-order valence-electron chi connectivity index (χ2n) is 12.7. The number of thioether (sulfide) groups is 1. The molecule has 0 fully saturated rings. The molecule has 0 saturated heterocycles. The van der Waals surface area contributed by atoms with E-state index in [1.54, 1.807) is 42.5 Å². The highest BCUT2D eigenvalue weighted by Crippen LogP contribution is 2.40. The van der Waals surface area contributed by atoms with Crippen LogP contribution in [0.1, 0.15) is 88.7 Å². The maximum Gasteiger partial charge on any atom is 0.341 e. The molecule has 0 bridgehead atoms. The van der Waals surface area contributed by atoms with Gasteiger partial charge in [-0.15, -0.1) is 23.1 Å². The van der Waals surface area contributed by atoms with E-state index in [4.69, 9.17) is 4.74 Å². The highest BCUT2D eigenvalue weighted by atomic mass is 32.2. The molecule has 0 spiro atoms. The molecule has 3 aromatic carbocycles. The van der Waals surface area contributed by atoms with Crippen LogP contribution in [-0.4, -0.2) is 36.1 Å². The molecule has 4 aromatic rings. The Morgan fingerprint density at radius 2 is 1.72 bits per heavy atom. The van der Waals surface area contributed by atoms with Gasteiger partial charge in [-0.1, -0.05) is 76.2 Å². The zero-order chi connectivity index (χ0) is 35.8. The second kappa shape index (κ2) is 16.8. The van der Waals surface area contributed by atoms with E-state index < -0.39 is 23.0 Å². The third-order valence-corrected chi connectivity index (χ3v) is 11.1. The van der Waals surface area contributed by atoms with Gasteiger partial charge in [-0.25, -0.2) is 4.79 Å². The highest BCUT2D eigenvalue weighted by Gasteiger charge is 2.30. The van der Waals surface area contributed by atoms with Gasteiger partial charge in [0.05, 0.1) is 17.9 Å². The summed E-state index contributed by atoms with van der Waals surface area (Å²) in [6, 6.07) is 23.8. The standard InChI is InChI=1S/C40H43N3O5S2/c1-6-33(38(46)43-39-35(40(47)48-5)31-20-15-25(4)21-34(31)50-39)49-30-14-10-13-29(23-30)41-37(45)32(42-36(44)28-11-8-7-9-12-28)22-26-16-18-27(19-17-26)24(2)3/h7-14,16-19,22-25,33H,6,15,20-21H2,1-5H3,(H,41,45)(H,42,44)(H,43,46)/b32-22+. The minimum absolute atomic E-state index is 0.0921. The van der Waals surface area contributed by atoms with Crippen LogP contribution >= 0.6 is 23.1 Å². The molecular weight excluding hydrogens is 667 g/mol. The summed E-state index contributed by atoms with van der Waals surface area (Å²) in [6.45, 7) is 8.36. The Hall–Kier alpha value is -4.67. The van der Waals surface area contributed by atoms with Crippen LogP contribution in [0.3, 0.4) is 0 Å². The molecule has 2 unspecified atom stereocenters. The van der Waals surface area contributed by atoms with Gasteiger partial charge >= 0.3 is 5.97 Å². The predicted octanol–water partition coefficient (Wildman–Crippen LogP) is 8.70. The summed E-state index contributed by atoms with van der Waals surface area (Å²) in [5.41, 5.74) is 4.43. The fraction of sp³-hybridized carbons (Fsp3) is 0.300. The SMILES string of the molecule is CCC(Sc1cccc(NC(=O)/C(=C\c2ccc(C(C)C)cc2)NC(=O)c2ccccc2)c1)C(=O)Nc1sc2c(c1C(=O)OC)CCC(C)C2. The largest absolute Gasteiger partial charge is 0.465 e. The summed E-state index contributed by atoms with van der Waals surface area (Å²) in [4.78, 5) is 55.0. The fourth-order valence-corrected chi connectivity index (χ4v) is 8.18. The maximum atomic E-state index is 13.7. The van der Waals surface area contributed by atoms with Crippen LogP contribution in [-0.2, 0) is 27.2 Å². The van der Waals surface area contributed by atoms with Gasteiger partial charge in [0.25, 0.3) is 11.8 Å². The Balaban J connectivity index is 1.32. The molecule has 3 N–H and O–H groups in total. The van der Waals surface area contributed by atoms with Crippen molar-refractivity contribution in [3.8, 4) is 0 Å². The first-order valence-corrected chi connectivity index (χ1v) is 18.6. The van der Waals surface area contributed by atoms with Crippen LogP contribution in [0.5, 0.6) is 0 Å². The van der Waals surface area contributed by atoms with Crippen molar-refractivity contribution in [2.75, 3.05) is 17.7 Å². The van der Waals surface area contributed by atoms with Crippen molar-refractivity contribution >= 4 is 63.6 Å². The number of fused-ring (bicyclic) bond motifs is 1. The average molecular weight is 710 g/mol. The molecule has 10 heteroatoms. The van der Waals surface area contributed by atoms with Crippen LogP contribution in [0.25, 0.3) is 6.08 Å². The Labute approximate surface area is 302 Å². The minimum Gasteiger partial charge on any atom is -0.465 e. The van der Waals surface area contributed by atoms with Crippen LogP contribution in [0, 0.1) is 5.92 Å². The van der Waals surface area contributed by atoms with Gasteiger partial charge in [-0.05, 0) is 90.6 Å². The number of amides is 3. The van der Waals surface area contributed by atoms with Crippen LogP contribution < -0.4 is 16.0 Å². The smallest absolute Gasteiger partial charge is 0.341 e. The summed E-state index contributed by atoms with van der Waals surface area (Å²) in [5, 5.41) is 8.83. The number of esters is 1. The molecule has 1 aliphatic rings. The van der Waals surface area contributed by atoms with E-state index in [0.29, 0.717) is 40.1 Å². The first-order chi connectivity index (χ1) is 24.1. The topological polar surface area (TPSA) is 114 Å². The van der Waals surface area contributed by atoms with Crippen molar-refractivity contribution < 1.29 is 23.9 Å². The zero-order valence-electron chi connectivity index (χ0n) is 29.0. The van der Waals surface area contributed by atoms with E-state index in [1.165, 1.54) is 35.8 Å². The number of benzene rings is 3. The highest BCUT2D eigenvalue weighted by molar-refractivity contribution is 8.00. The third-order valence-electron chi connectivity index (χ3n) is 8.61. The second-order valence-corrected chi connectivity index (χ2v) is 15.1. The first kappa shape index (κ1) is 36.6. The average Bonchev–Trinajstić information content (AvgIpc) is 3.47. The lowest BCUT2D eigenvalue weighted by molar-refractivity contribution is -0.116. The molecule has 1 heterocycles. The number of nitrogens with one attached hydrogen (secondary N) is 3. The molecule has 50 heavy (non-hydrogen) atoms. The van der Waals surface area contributed by atoms with Crippen molar-refractivity contribution in [1.29, 1.82) is 0 Å². The third kappa shape index (κ3) is 9.11. The van der Waals surface area contributed by atoms with Gasteiger partial charge in [-0.3, -0.25) is 14.4 Å². The Morgan fingerprint density at radius 3 is 2.40 bits per heavy atom. The Kier molecular flexibility index (Phi) is 12.3. The van der Waals surface area contributed by atoms with Gasteiger partial charge in [0.15, 0.2) is 0 Å². The van der Waals surface area contributed by atoms with Gasteiger partial charge < -0.3 is 20.7 Å². The van der Waals surface area contributed by atoms with Crippen molar-refractivity contribution in [2.45, 2.75) is 69.4 Å². The molecule has 3 amide bonds. The number of hydrogen-bond donors (Lipinski definition) is 3. The molecular formula is C40H43N3O5S2. The van der Waals surface area contributed by atoms with E-state index in [9.17, 15) is 19.2 Å². The number of ether oxygens (including phenoxy) is 1. The molecule has 1 aliphatic carbocycles. The maximum absolute atomic E-state index is 13.7. The molecule has 0 aliphatic heterocycles. The van der Waals surface area contributed by atoms with E-state index in [0.717, 1.165) is 40.2 Å². The normalized spacial score (nSPS) is 14.8. The molecule has 1 aromatic heterocycles. The zero-order valence-corrected chi connectivity index (χ0v) is 30.6. The number of carbonyl (C=O) groups is 4. The predicted molar refractivity (Wildman–Crippen MR) is 203 cm³/mol. The number of methoxy groups -OCH3 is 1. The van der Waals surface area contributed by atoms with Gasteiger partial charge in [0.1, 0.15) is 10.7 Å². The van der Waals surface area contributed by atoms with E-state index in [1.807, 2.05) is 49.4 Å². The van der Waals surface area contributed by atoms with Gasteiger partial charge in [0.2, 0.25) is 5.91 Å². The van der Waals surface area contributed by atoms with Crippen molar-refractivity contribution in [2.24, 2.45) is 5.92 Å². The van der Waals surface area contributed by atoms with Crippen molar-refractivity contribution in [3.63, 3.8) is 0 Å². The summed E-state index contributed by atoms with van der Waals surface area (Å²) in [7, 11) is 1.36. The minimum atomic E-state index is -0.486. The number of thiophene rings is 1. The number of carbonyl (C=O) groups excluding carboxylic acids is 4. The summed E-state index contributed by atoms with van der Waals surface area (Å²) >= 11 is 2.84. The van der Waals surface area contributed by atoms with Gasteiger partial charge in [0, 0.05) is 21.0 Å². The Morgan fingerprint density at radius 1 is 0.980 bits per heavy atom. The number of anilines is 2. The number of rotatable bonds is 12. The van der Waals surface area contributed by atoms with Crippen LogP contribution in [0.15, 0.2) is 89.5 Å². The van der Waals surface area contributed by atoms with E-state index in [2.05, 4.69) is 36.7 Å². The van der Waals surface area contributed by atoms with Crippen LogP contribution in [0.4, 0.5) is 10.7 Å². The lowest BCUT2D eigenvalue weighted by Crippen LogP contribution is -2.30. The quantitative estimate of drug-likeness (QED) is 0.0771. The summed E-state index contributed by atoms with van der Waals surface area (Å²) < 4.78 is 5.09. The van der Waals surface area contributed by atoms with Crippen LogP contribution in [0.2, 0.25) is 0 Å². The summed E-state index contributed by atoms with van der Waals surface area (Å²) in [6.07, 6.45) is 4.85. The molecule has 8 nitrogen and oxygen atoms in total. The molecule has 5 rings (SSSR count). The van der Waals surface area contributed by atoms with Gasteiger partial charge in [-0.2, -0.15) is 0 Å². The lowest BCUT2D eigenvalue weighted by Gasteiger charge is -2.18. The van der Waals surface area contributed by atoms with Crippen molar-refractivity contribution in [3.05, 3.63) is 117 Å². The van der Waals surface area contributed by atoms with Crippen molar-refractivity contribution in [1.82, 2.24) is 5.32 Å². The summed E-state index contributed by atoms with van der Waals surface area (Å²) in [5.74, 6) is -0.647. The first-order valence-electron chi connectivity index (χ1n) is 16.9. The molecule has 260 valence electrons. The van der Waals surface area contributed by atoms with E-state index in [-0.39, 0.29) is 11.6 Å². The Bertz CT molecular complexity index is 1880. The monoisotopic (exact) mass is 709 g/mol. The molecule has 2 atom stereocenters. The molecule has 0 saturated carbocycles. The lowest BCUT2D eigenvalue weighted by atomic mass is 9.88. The number of hydrogen-bond acceptors (Lipinski definition) is 7. The molecule has 0 radical (unpaired) electrons. The fourth-order valence-electron chi connectivity index (χ4n) is 5.77.